The van der Waals surface area contributed by atoms with Crippen molar-refractivity contribution in [2.75, 3.05) is 12.4 Å². The number of alkyl halides is 3. The maximum absolute atomic E-state index is 13.5. The number of ether oxygens (including phenoxy) is 3. The first-order valence-corrected chi connectivity index (χ1v) is 7.58. The van der Waals surface area contributed by atoms with E-state index in [4.69, 9.17) is 25.8 Å². The van der Waals surface area contributed by atoms with Gasteiger partial charge in [-0.2, -0.15) is 13.2 Å². The van der Waals surface area contributed by atoms with Crippen LogP contribution >= 0.6 is 11.6 Å². The highest BCUT2D eigenvalue weighted by molar-refractivity contribution is 6.30. The molecule has 0 spiro atoms. The number of amides is 2. The molecule has 0 aliphatic carbocycles. The SMILES string of the molecule is COc1ccc(NC(=O)N[C@@]2(C(F)(F)F)Oc3ccc(Cl)cc3O2)cc1. The van der Waals surface area contributed by atoms with Crippen molar-refractivity contribution in [2.24, 2.45) is 0 Å². The summed E-state index contributed by atoms with van der Waals surface area (Å²) in [5, 5.41) is 4.11. The van der Waals surface area contributed by atoms with Gasteiger partial charge in [0.15, 0.2) is 11.5 Å². The molecule has 0 unspecified atom stereocenters. The van der Waals surface area contributed by atoms with E-state index in [1.54, 1.807) is 5.32 Å². The van der Waals surface area contributed by atoms with Crippen molar-refractivity contribution in [2.45, 2.75) is 12.1 Å². The molecule has 3 rings (SSSR count). The van der Waals surface area contributed by atoms with Gasteiger partial charge in [-0.15, -0.1) is 0 Å². The van der Waals surface area contributed by atoms with Crippen LogP contribution in [0.5, 0.6) is 17.2 Å². The lowest BCUT2D eigenvalue weighted by molar-refractivity contribution is -0.317. The summed E-state index contributed by atoms with van der Waals surface area (Å²) in [4.78, 5) is 12.1. The van der Waals surface area contributed by atoms with Gasteiger partial charge in [0.1, 0.15) is 5.75 Å². The predicted octanol–water partition coefficient (Wildman–Crippen LogP) is 4.16. The molecule has 0 bridgehead atoms. The molecule has 1 heterocycles. The second-order valence-electron chi connectivity index (χ2n) is 5.22. The van der Waals surface area contributed by atoms with E-state index in [2.05, 4.69) is 5.32 Å². The number of carbonyl (C=O) groups excluding carboxylic acids is 1. The fourth-order valence-corrected chi connectivity index (χ4v) is 2.36. The highest BCUT2D eigenvalue weighted by atomic mass is 35.5. The highest BCUT2D eigenvalue weighted by Gasteiger charge is 2.65. The van der Waals surface area contributed by atoms with Crippen LogP contribution in [-0.2, 0) is 0 Å². The third-order valence-electron chi connectivity index (χ3n) is 3.41. The Morgan fingerprint density at radius 1 is 1.12 bits per heavy atom. The van der Waals surface area contributed by atoms with E-state index in [1.165, 1.54) is 43.5 Å². The maximum atomic E-state index is 13.5. The number of carbonyl (C=O) groups is 1. The number of fused-ring (bicyclic) bond motifs is 1. The lowest BCUT2D eigenvalue weighted by atomic mass is 10.3. The van der Waals surface area contributed by atoms with Crippen molar-refractivity contribution in [3.8, 4) is 17.2 Å². The van der Waals surface area contributed by atoms with E-state index in [9.17, 15) is 18.0 Å². The molecule has 6 nitrogen and oxygen atoms in total. The van der Waals surface area contributed by atoms with Gasteiger partial charge in [-0.1, -0.05) is 11.6 Å². The molecule has 10 heteroatoms. The first kappa shape index (κ1) is 18.0. The molecule has 0 saturated heterocycles. The van der Waals surface area contributed by atoms with Crippen molar-refractivity contribution < 1.29 is 32.2 Å². The molecular weight excluding hydrogens is 377 g/mol. The molecule has 1 aliphatic rings. The zero-order valence-electron chi connectivity index (χ0n) is 13.2. The van der Waals surface area contributed by atoms with E-state index in [-0.39, 0.29) is 22.2 Å². The first-order chi connectivity index (χ1) is 12.2. The van der Waals surface area contributed by atoms with E-state index in [1.807, 2.05) is 0 Å². The minimum atomic E-state index is -5.06. The lowest BCUT2D eigenvalue weighted by Crippen LogP contribution is -2.65. The van der Waals surface area contributed by atoms with Gasteiger partial charge in [-0.05, 0) is 36.4 Å². The highest BCUT2D eigenvalue weighted by Crippen LogP contribution is 2.46. The number of nitrogens with one attached hydrogen (secondary N) is 2. The summed E-state index contributed by atoms with van der Waals surface area (Å²) in [5.41, 5.74) is 0.249. The Kier molecular flexibility index (Phi) is 4.49. The number of urea groups is 1. The van der Waals surface area contributed by atoms with Crippen molar-refractivity contribution in [3.63, 3.8) is 0 Å². The van der Waals surface area contributed by atoms with Crippen LogP contribution in [0, 0.1) is 0 Å². The number of hydrogen-bond acceptors (Lipinski definition) is 4. The average Bonchev–Trinajstić information content (AvgIpc) is 2.93. The molecule has 1 aliphatic heterocycles. The van der Waals surface area contributed by atoms with E-state index in [0.29, 0.717) is 5.75 Å². The monoisotopic (exact) mass is 388 g/mol. The third kappa shape index (κ3) is 3.43. The molecule has 0 aromatic heterocycles. The largest absolute Gasteiger partial charge is 0.497 e. The molecule has 2 amide bonds. The Morgan fingerprint density at radius 3 is 2.38 bits per heavy atom. The van der Waals surface area contributed by atoms with Crippen LogP contribution in [0.15, 0.2) is 42.5 Å². The second kappa shape index (κ2) is 6.49. The van der Waals surface area contributed by atoms with Crippen molar-refractivity contribution in [3.05, 3.63) is 47.5 Å². The molecule has 2 aromatic rings. The molecule has 0 fully saturated rings. The van der Waals surface area contributed by atoms with Gasteiger partial charge in [0.2, 0.25) is 0 Å². The summed E-state index contributed by atoms with van der Waals surface area (Å²) < 4.78 is 55.3. The van der Waals surface area contributed by atoms with E-state index in [0.717, 1.165) is 6.07 Å². The number of anilines is 1. The third-order valence-corrected chi connectivity index (χ3v) is 3.65. The maximum Gasteiger partial charge on any atom is 0.492 e. The van der Waals surface area contributed by atoms with Crippen LogP contribution in [0.25, 0.3) is 0 Å². The number of halogens is 4. The normalized spacial score (nSPS) is 18.3. The smallest absolute Gasteiger partial charge is 0.492 e. The Bertz CT molecular complexity index is 829. The van der Waals surface area contributed by atoms with E-state index < -0.39 is 18.1 Å². The van der Waals surface area contributed by atoms with Gasteiger partial charge >= 0.3 is 18.1 Å². The molecule has 0 radical (unpaired) electrons. The zero-order valence-corrected chi connectivity index (χ0v) is 13.9. The molecule has 1 atom stereocenters. The molecule has 138 valence electrons. The summed E-state index contributed by atoms with van der Waals surface area (Å²) in [6.07, 6.45) is -5.06. The minimum Gasteiger partial charge on any atom is -0.497 e. The predicted molar refractivity (Wildman–Crippen MR) is 86.6 cm³/mol. The van der Waals surface area contributed by atoms with Gasteiger partial charge in [-0.3, -0.25) is 5.32 Å². The summed E-state index contributed by atoms with van der Waals surface area (Å²) in [5.74, 6) is -3.27. The number of methoxy groups -OCH3 is 1. The van der Waals surface area contributed by atoms with Gasteiger partial charge in [-0.25, -0.2) is 4.79 Å². The standard InChI is InChI=1S/C16H12ClF3N2O4/c1-24-11-5-3-10(4-6-11)21-14(23)22-16(15(18,19)20)25-12-7-2-9(17)8-13(12)26-16/h2-8H,1H3,(H2,21,22,23)/t16-/m0/s1. The Balaban J connectivity index is 1.78. The van der Waals surface area contributed by atoms with E-state index >= 15 is 0 Å². The van der Waals surface area contributed by atoms with Crippen LogP contribution in [-0.4, -0.2) is 25.2 Å². The summed E-state index contributed by atoms with van der Waals surface area (Å²) in [6.45, 7) is 0. The average molecular weight is 389 g/mol. The molecule has 0 saturated carbocycles. The Labute approximate surface area is 150 Å². The fraction of sp³-hybridized carbons (Fsp3) is 0.188. The van der Waals surface area contributed by atoms with Gasteiger partial charge in [0.25, 0.3) is 0 Å². The second-order valence-corrected chi connectivity index (χ2v) is 5.65. The number of benzene rings is 2. The van der Waals surface area contributed by atoms with Crippen LogP contribution in [0.2, 0.25) is 5.02 Å². The van der Waals surface area contributed by atoms with Gasteiger partial charge in [0, 0.05) is 16.8 Å². The molecule has 2 aromatic carbocycles. The van der Waals surface area contributed by atoms with Crippen LogP contribution in [0.4, 0.5) is 23.7 Å². The minimum absolute atomic E-state index is 0.160. The van der Waals surface area contributed by atoms with Crippen molar-refractivity contribution in [1.82, 2.24) is 5.32 Å². The lowest BCUT2D eigenvalue weighted by Gasteiger charge is -2.29. The van der Waals surface area contributed by atoms with Crippen molar-refractivity contribution in [1.29, 1.82) is 0 Å². The molecule has 2 N–H and O–H groups in total. The number of hydrogen-bond donors (Lipinski definition) is 2. The van der Waals surface area contributed by atoms with Crippen molar-refractivity contribution >= 4 is 23.3 Å². The number of rotatable bonds is 3. The summed E-state index contributed by atoms with van der Waals surface area (Å²) in [6, 6.07) is 8.54. The Morgan fingerprint density at radius 2 is 1.77 bits per heavy atom. The molecule has 26 heavy (non-hydrogen) atoms. The Hall–Kier alpha value is -2.81. The fourth-order valence-electron chi connectivity index (χ4n) is 2.20. The van der Waals surface area contributed by atoms with Crippen LogP contribution in [0.1, 0.15) is 0 Å². The topological polar surface area (TPSA) is 68.8 Å². The quantitative estimate of drug-likeness (QED) is 0.828. The van der Waals surface area contributed by atoms with Gasteiger partial charge in [0.05, 0.1) is 7.11 Å². The van der Waals surface area contributed by atoms with Crippen LogP contribution < -0.4 is 24.8 Å². The zero-order chi connectivity index (χ0) is 18.9. The summed E-state index contributed by atoms with van der Waals surface area (Å²) >= 11 is 5.74. The van der Waals surface area contributed by atoms with Gasteiger partial charge < -0.3 is 19.5 Å². The first-order valence-electron chi connectivity index (χ1n) is 7.20. The van der Waals surface area contributed by atoms with Crippen LogP contribution in [0.3, 0.4) is 0 Å². The molecular formula is C16H12ClF3N2O4. The summed E-state index contributed by atoms with van der Waals surface area (Å²) in [7, 11) is 1.46.